The predicted octanol–water partition coefficient (Wildman–Crippen LogP) is 0.419. The summed E-state index contributed by atoms with van der Waals surface area (Å²) in [4.78, 5) is 33.2. The van der Waals surface area contributed by atoms with Gasteiger partial charge in [0.1, 0.15) is 11.1 Å². The Labute approximate surface area is 89.8 Å². The summed E-state index contributed by atoms with van der Waals surface area (Å²) >= 11 is 0. The van der Waals surface area contributed by atoms with Crippen LogP contribution in [0.4, 0.5) is 4.79 Å². The number of nitrogens with zero attached hydrogens (tertiary/aromatic N) is 4. The third kappa shape index (κ3) is 0.836. The van der Waals surface area contributed by atoms with E-state index in [2.05, 4.69) is 0 Å². The van der Waals surface area contributed by atoms with E-state index in [0.29, 0.717) is 22.9 Å². The maximum Gasteiger partial charge on any atom is 0.436 e. The highest BCUT2D eigenvalue weighted by molar-refractivity contribution is 5.78. The molecule has 2 fully saturated rings. The van der Waals surface area contributed by atoms with Crippen molar-refractivity contribution in [3.05, 3.63) is 20.2 Å². The Morgan fingerprint density at radius 2 is 1.38 bits per heavy atom. The van der Waals surface area contributed by atoms with E-state index in [1.54, 1.807) is 0 Å². The van der Waals surface area contributed by atoms with Gasteiger partial charge in [0.15, 0.2) is 10.1 Å². The minimum Gasteiger partial charge on any atom is -0.237 e. The molecule has 2 rings (SSSR count). The van der Waals surface area contributed by atoms with Crippen molar-refractivity contribution in [3.63, 3.8) is 0 Å². The normalized spacial score (nSPS) is 37.0. The molecule has 2 atom stereocenters. The first-order valence-electron chi connectivity index (χ1n) is 4.69. The van der Waals surface area contributed by atoms with Gasteiger partial charge in [0.25, 0.3) is 0 Å². The van der Waals surface area contributed by atoms with Gasteiger partial charge in [-0.1, -0.05) is 0 Å². The molecule has 0 radical (unpaired) electrons. The van der Waals surface area contributed by atoms with Crippen molar-refractivity contribution >= 4 is 6.03 Å². The summed E-state index contributed by atoms with van der Waals surface area (Å²) in [6.45, 7) is 3.00. The van der Waals surface area contributed by atoms with E-state index >= 15 is 0 Å². The molecule has 16 heavy (non-hydrogen) atoms. The van der Waals surface area contributed by atoms with Crippen molar-refractivity contribution in [2.75, 3.05) is 0 Å². The number of hydrogen-bond donors (Lipinski definition) is 0. The van der Waals surface area contributed by atoms with E-state index in [0.717, 1.165) is 0 Å². The van der Waals surface area contributed by atoms with E-state index in [-0.39, 0.29) is 0 Å². The first-order valence-corrected chi connectivity index (χ1v) is 4.69. The second-order valence-electron chi connectivity index (χ2n) is 4.43. The Hall–Kier alpha value is -1.93. The Balaban J connectivity index is 2.52. The third-order valence-electron chi connectivity index (χ3n) is 3.88. The summed E-state index contributed by atoms with van der Waals surface area (Å²) in [7, 11) is 0. The lowest BCUT2D eigenvalue weighted by atomic mass is 9.63. The molecule has 1 heterocycles. The van der Waals surface area contributed by atoms with Crippen LogP contribution < -0.4 is 0 Å². The van der Waals surface area contributed by atoms with Crippen LogP contribution >= 0.6 is 0 Å². The van der Waals surface area contributed by atoms with E-state index in [1.807, 2.05) is 0 Å². The second-order valence-corrected chi connectivity index (χ2v) is 4.43. The maximum atomic E-state index is 11.6. The lowest BCUT2D eigenvalue weighted by Gasteiger charge is -2.47. The van der Waals surface area contributed by atoms with Gasteiger partial charge in [-0.05, 0) is 36.7 Å². The Morgan fingerprint density at radius 3 is 1.50 bits per heavy atom. The fraction of sp³-hybridized carbons (Fsp3) is 0.857. The van der Waals surface area contributed by atoms with Crippen LogP contribution in [0.25, 0.3) is 0 Å². The van der Waals surface area contributed by atoms with Gasteiger partial charge in [-0.2, -0.15) is 0 Å². The molecule has 0 spiro atoms. The number of amides is 2. The zero-order chi connectivity index (χ0) is 12.3. The Bertz CT molecular complexity index is 376. The largest absolute Gasteiger partial charge is 0.436 e. The fourth-order valence-corrected chi connectivity index (χ4v) is 2.53. The molecule has 0 unspecified atom stereocenters. The van der Waals surface area contributed by atoms with Crippen LogP contribution in [-0.4, -0.2) is 37.2 Å². The highest BCUT2D eigenvalue weighted by atomic mass is 16.7. The molecule has 9 heteroatoms. The zero-order valence-electron chi connectivity index (χ0n) is 8.74. The number of hydrogen-bond acceptors (Lipinski definition) is 5. The van der Waals surface area contributed by atoms with Gasteiger partial charge in [0.05, 0.1) is 0 Å². The van der Waals surface area contributed by atoms with Gasteiger partial charge in [-0.25, -0.2) is 25.0 Å². The molecule has 1 aliphatic carbocycles. The van der Waals surface area contributed by atoms with Crippen LogP contribution in [-0.2, 0) is 0 Å². The van der Waals surface area contributed by atoms with E-state index in [9.17, 15) is 25.0 Å². The van der Waals surface area contributed by atoms with Gasteiger partial charge >= 0.3 is 6.03 Å². The Morgan fingerprint density at radius 1 is 1.06 bits per heavy atom. The topological polar surface area (TPSA) is 110 Å². The Kier molecular flexibility index (Phi) is 1.72. The summed E-state index contributed by atoms with van der Waals surface area (Å²) in [5.41, 5.74) is -2.19. The summed E-state index contributed by atoms with van der Waals surface area (Å²) in [6.07, 6.45) is 0.779. The lowest BCUT2D eigenvalue weighted by molar-refractivity contribution is -0.654. The standard InChI is InChI=1S/C7H10N4O5/c1-6-3-4-7(6,2)9(11(15)16)5(12)8(6)10(13)14/h3-4H2,1-2H3/t6-,7+. The summed E-state index contributed by atoms with van der Waals surface area (Å²) in [6, 6.07) is -1.17. The van der Waals surface area contributed by atoms with Crippen molar-refractivity contribution in [2.24, 2.45) is 0 Å². The quantitative estimate of drug-likeness (QED) is 0.504. The molecule has 2 amide bonds. The van der Waals surface area contributed by atoms with Crippen molar-refractivity contribution in [3.8, 4) is 0 Å². The molecule has 1 saturated carbocycles. The van der Waals surface area contributed by atoms with Crippen molar-refractivity contribution in [1.29, 1.82) is 0 Å². The average Bonchev–Trinajstić information content (AvgIpc) is 2.24. The minimum atomic E-state index is -1.17. The number of carbonyl (C=O) groups excluding carboxylic acids is 1. The van der Waals surface area contributed by atoms with Crippen LogP contribution in [0.5, 0.6) is 0 Å². The maximum absolute atomic E-state index is 11.6. The van der Waals surface area contributed by atoms with Crippen LogP contribution in [0.3, 0.4) is 0 Å². The SMILES string of the molecule is C[C@@]12CC[C@]1(C)N([N+](=O)[O-])C(=O)N2[N+](=O)[O-]. The molecular weight excluding hydrogens is 220 g/mol. The molecule has 9 nitrogen and oxygen atoms in total. The van der Waals surface area contributed by atoms with Crippen LogP contribution in [0.1, 0.15) is 26.7 Å². The number of hydrazine groups is 2. The summed E-state index contributed by atoms with van der Waals surface area (Å²) < 4.78 is 0. The number of nitro groups is 2. The molecule has 88 valence electrons. The van der Waals surface area contributed by atoms with Gasteiger partial charge in [-0.15, -0.1) is 0 Å². The number of urea groups is 1. The smallest absolute Gasteiger partial charge is 0.237 e. The van der Waals surface area contributed by atoms with Crippen LogP contribution in [0.2, 0.25) is 0 Å². The molecule has 0 N–H and O–H groups in total. The van der Waals surface area contributed by atoms with Gasteiger partial charge < -0.3 is 0 Å². The summed E-state index contributed by atoms with van der Waals surface area (Å²) in [5.74, 6) is 0. The van der Waals surface area contributed by atoms with Crippen molar-refractivity contribution < 1.29 is 14.9 Å². The highest BCUT2D eigenvalue weighted by Gasteiger charge is 2.78. The van der Waals surface area contributed by atoms with E-state index < -0.39 is 27.2 Å². The molecule has 0 bridgehead atoms. The number of fused-ring (bicyclic) bond motifs is 1. The highest BCUT2D eigenvalue weighted by Crippen LogP contribution is 2.55. The molecule has 0 aromatic rings. The molecule has 0 aromatic carbocycles. The minimum absolute atomic E-state index is 0.374. The van der Waals surface area contributed by atoms with Crippen LogP contribution in [0.15, 0.2) is 0 Å². The van der Waals surface area contributed by atoms with Crippen molar-refractivity contribution in [1.82, 2.24) is 10.0 Å². The fourth-order valence-electron chi connectivity index (χ4n) is 2.53. The van der Waals surface area contributed by atoms with E-state index in [1.165, 1.54) is 13.8 Å². The lowest BCUT2D eigenvalue weighted by Crippen LogP contribution is -2.67. The third-order valence-corrected chi connectivity index (χ3v) is 3.88. The summed E-state index contributed by atoms with van der Waals surface area (Å²) in [5, 5.41) is 20.6. The molecule has 1 aliphatic heterocycles. The first-order chi connectivity index (χ1) is 7.25. The van der Waals surface area contributed by atoms with E-state index in [4.69, 9.17) is 0 Å². The van der Waals surface area contributed by atoms with Crippen LogP contribution in [0, 0.1) is 20.2 Å². The molecule has 0 aromatic heterocycles. The van der Waals surface area contributed by atoms with Gasteiger partial charge in [-0.3, -0.25) is 0 Å². The van der Waals surface area contributed by atoms with Gasteiger partial charge in [0, 0.05) is 0 Å². The molecule has 1 saturated heterocycles. The monoisotopic (exact) mass is 230 g/mol. The second kappa shape index (κ2) is 2.60. The molecule has 2 aliphatic rings. The zero-order valence-corrected chi connectivity index (χ0v) is 8.74. The number of carbonyl (C=O) groups is 1. The van der Waals surface area contributed by atoms with Crippen molar-refractivity contribution in [2.45, 2.75) is 37.8 Å². The predicted molar refractivity (Wildman–Crippen MR) is 49.1 cm³/mol. The molecular formula is C7H10N4O5. The average molecular weight is 230 g/mol. The number of rotatable bonds is 2. The van der Waals surface area contributed by atoms with Gasteiger partial charge in [0.2, 0.25) is 0 Å². The first kappa shape index (κ1) is 10.6.